The highest BCUT2D eigenvalue weighted by molar-refractivity contribution is 6.30. The van der Waals surface area contributed by atoms with Gasteiger partial charge in [0.25, 0.3) is 0 Å². The summed E-state index contributed by atoms with van der Waals surface area (Å²) in [7, 11) is 0. The Morgan fingerprint density at radius 1 is 1.29 bits per heavy atom. The van der Waals surface area contributed by atoms with Gasteiger partial charge >= 0.3 is 0 Å². The SMILES string of the molecule is CC1CCCn2c(-c3ccccc3)nc(Cl)c21. The van der Waals surface area contributed by atoms with Crippen molar-refractivity contribution in [3.05, 3.63) is 41.2 Å². The molecule has 88 valence electrons. The van der Waals surface area contributed by atoms with E-state index in [1.165, 1.54) is 18.5 Å². The van der Waals surface area contributed by atoms with Crippen molar-refractivity contribution >= 4 is 11.6 Å². The Morgan fingerprint density at radius 2 is 2.06 bits per heavy atom. The predicted octanol–water partition coefficient (Wildman–Crippen LogP) is 4.10. The number of nitrogens with zero attached hydrogens (tertiary/aromatic N) is 2. The molecule has 3 heteroatoms. The number of hydrogen-bond donors (Lipinski definition) is 0. The van der Waals surface area contributed by atoms with Crippen molar-refractivity contribution in [3.63, 3.8) is 0 Å². The molecule has 0 spiro atoms. The molecule has 1 aliphatic heterocycles. The molecule has 0 amide bonds. The predicted molar refractivity (Wildman–Crippen MR) is 70.3 cm³/mol. The van der Waals surface area contributed by atoms with E-state index >= 15 is 0 Å². The summed E-state index contributed by atoms with van der Waals surface area (Å²) in [6.07, 6.45) is 2.42. The number of imidazole rings is 1. The molecule has 17 heavy (non-hydrogen) atoms. The zero-order chi connectivity index (χ0) is 11.8. The van der Waals surface area contributed by atoms with Crippen molar-refractivity contribution in [2.24, 2.45) is 0 Å². The van der Waals surface area contributed by atoms with Gasteiger partial charge in [0.2, 0.25) is 0 Å². The molecule has 2 nitrogen and oxygen atoms in total. The second-order valence-corrected chi connectivity index (χ2v) is 5.03. The average molecular weight is 247 g/mol. The maximum Gasteiger partial charge on any atom is 0.151 e. The van der Waals surface area contributed by atoms with Crippen LogP contribution in [0, 0.1) is 0 Å². The Labute approximate surface area is 106 Å². The van der Waals surface area contributed by atoms with Crippen LogP contribution in [-0.4, -0.2) is 9.55 Å². The van der Waals surface area contributed by atoms with Gasteiger partial charge in [-0.1, -0.05) is 48.9 Å². The third-order valence-corrected chi connectivity index (χ3v) is 3.76. The lowest BCUT2D eigenvalue weighted by Gasteiger charge is -2.22. The largest absolute Gasteiger partial charge is 0.326 e. The van der Waals surface area contributed by atoms with Gasteiger partial charge in [0.05, 0.1) is 5.69 Å². The van der Waals surface area contributed by atoms with Gasteiger partial charge in [-0.3, -0.25) is 0 Å². The van der Waals surface area contributed by atoms with E-state index in [1.54, 1.807) is 0 Å². The molecule has 2 heterocycles. The summed E-state index contributed by atoms with van der Waals surface area (Å²) in [5.41, 5.74) is 2.35. The van der Waals surface area contributed by atoms with Crippen LogP contribution >= 0.6 is 11.6 Å². The van der Waals surface area contributed by atoms with Crippen molar-refractivity contribution in [2.45, 2.75) is 32.2 Å². The van der Waals surface area contributed by atoms with Crippen LogP contribution in [0.3, 0.4) is 0 Å². The van der Waals surface area contributed by atoms with E-state index < -0.39 is 0 Å². The maximum absolute atomic E-state index is 6.28. The zero-order valence-corrected chi connectivity index (χ0v) is 10.6. The van der Waals surface area contributed by atoms with E-state index in [2.05, 4.69) is 28.6 Å². The van der Waals surface area contributed by atoms with Crippen LogP contribution in [0.4, 0.5) is 0 Å². The van der Waals surface area contributed by atoms with Crippen molar-refractivity contribution in [2.75, 3.05) is 0 Å². The molecule has 0 saturated heterocycles. The third kappa shape index (κ3) is 1.77. The van der Waals surface area contributed by atoms with E-state index in [0.717, 1.165) is 17.9 Å². The molecule has 0 fully saturated rings. The summed E-state index contributed by atoms with van der Waals surface area (Å²) < 4.78 is 2.28. The van der Waals surface area contributed by atoms with Crippen LogP contribution in [0.5, 0.6) is 0 Å². The lowest BCUT2D eigenvalue weighted by molar-refractivity contribution is 0.478. The Balaban J connectivity index is 2.17. The van der Waals surface area contributed by atoms with Gasteiger partial charge in [-0.15, -0.1) is 0 Å². The molecule has 0 saturated carbocycles. The molecule has 3 rings (SSSR count). The standard InChI is InChI=1S/C14H15ClN2/c1-10-6-5-9-17-12(10)13(15)16-14(17)11-7-3-2-4-8-11/h2-4,7-8,10H,5-6,9H2,1H3. The minimum absolute atomic E-state index is 0.515. The molecular weight excluding hydrogens is 232 g/mol. The Hall–Kier alpha value is -1.28. The van der Waals surface area contributed by atoms with Crippen LogP contribution in [0.2, 0.25) is 5.15 Å². The van der Waals surface area contributed by atoms with Gasteiger partial charge in [-0.2, -0.15) is 0 Å². The monoisotopic (exact) mass is 246 g/mol. The van der Waals surface area contributed by atoms with Crippen LogP contribution in [-0.2, 0) is 6.54 Å². The number of benzene rings is 1. The summed E-state index contributed by atoms with van der Waals surface area (Å²) in [6, 6.07) is 10.3. The number of halogens is 1. The first kappa shape index (κ1) is 10.8. The Morgan fingerprint density at radius 3 is 2.82 bits per heavy atom. The van der Waals surface area contributed by atoms with Crippen molar-refractivity contribution < 1.29 is 0 Å². The molecule has 1 unspecified atom stereocenters. The molecule has 0 bridgehead atoms. The van der Waals surface area contributed by atoms with Crippen LogP contribution in [0.25, 0.3) is 11.4 Å². The normalized spacial score (nSPS) is 19.1. The molecule has 2 aromatic rings. The minimum Gasteiger partial charge on any atom is -0.326 e. The first-order chi connectivity index (χ1) is 8.27. The highest BCUT2D eigenvalue weighted by Crippen LogP contribution is 2.36. The lowest BCUT2D eigenvalue weighted by Crippen LogP contribution is -2.14. The average Bonchev–Trinajstić information content (AvgIpc) is 2.69. The van der Waals surface area contributed by atoms with E-state index in [9.17, 15) is 0 Å². The fraction of sp³-hybridized carbons (Fsp3) is 0.357. The first-order valence-corrected chi connectivity index (χ1v) is 6.46. The second-order valence-electron chi connectivity index (χ2n) is 4.67. The summed E-state index contributed by atoms with van der Waals surface area (Å²) in [4.78, 5) is 4.54. The van der Waals surface area contributed by atoms with E-state index in [-0.39, 0.29) is 0 Å². The summed E-state index contributed by atoms with van der Waals surface area (Å²) >= 11 is 6.28. The molecule has 1 aliphatic rings. The van der Waals surface area contributed by atoms with E-state index in [4.69, 9.17) is 11.6 Å². The molecule has 1 atom stereocenters. The van der Waals surface area contributed by atoms with Gasteiger partial charge in [-0.05, 0) is 18.8 Å². The van der Waals surface area contributed by atoms with Crippen molar-refractivity contribution in [1.82, 2.24) is 9.55 Å². The smallest absolute Gasteiger partial charge is 0.151 e. The number of fused-ring (bicyclic) bond motifs is 1. The van der Waals surface area contributed by atoms with Crippen LogP contribution in [0.15, 0.2) is 30.3 Å². The van der Waals surface area contributed by atoms with Gasteiger partial charge in [0, 0.05) is 12.1 Å². The number of hydrogen-bond acceptors (Lipinski definition) is 1. The Kier molecular flexibility index (Phi) is 2.67. The quantitative estimate of drug-likeness (QED) is 0.741. The molecule has 1 aromatic heterocycles. The summed E-state index contributed by atoms with van der Waals surface area (Å²) in [5.74, 6) is 1.53. The lowest BCUT2D eigenvalue weighted by atomic mass is 9.98. The van der Waals surface area contributed by atoms with E-state index in [0.29, 0.717) is 11.1 Å². The molecule has 1 aromatic carbocycles. The topological polar surface area (TPSA) is 17.8 Å². The van der Waals surface area contributed by atoms with Crippen LogP contribution in [0.1, 0.15) is 31.4 Å². The maximum atomic E-state index is 6.28. The molecule has 0 radical (unpaired) electrons. The number of rotatable bonds is 1. The van der Waals surface area contributed by atoms with Gasteiger partial charge in [0.1, 0.15) is 5.82 Å². The summed E-state index contributed by atoms with van der Waals surface area (Å²) in [5, 5.41) is 0.677. The Bertz CT molecular complexity index is 531. The van der Waals surface area contributed by atoms with Crippen molar-refractivity contribution in [1.29, 1.82) is 0 Å². The highest BCUT2D eigenvalue weighted by atomic mass is 35.5. The highest BCUT2D eigenvalue weighted by Gasteiger charge is 2.24. The van der Waals surface area contributed by atoms with Crippen molar-refractivity contribution in [3.8, 4) is 11.4 Å². The zero-order valence-electron chi connectivity index (χ0n) is 9.86. The fourth-order valence-electron chi connectivity index (χ4n) is 2.63. The van der Waals surface area contributed by atoms with E-state index in [1.807, 2.05) is 18.2 Å². The number of aromatic nitrogens is 2. The van der Waals surface area contributed by atoms with Gasteiger partial charge < -0.3 is 4.57 Å². The molecule has 0 aliphatic carbocycles. The molecular formula is C14H15ClN2. The van der Waals surface area contributed by atoms with Gasteiger partial charge in [-0.25, -0.2) is 4.98 Å². The first-order valence-electron chi connectivity index (χ1n) is 6.08. The fourth-order valence-corrected chi connectivity index (χ4v) is 3.00. The molecule has 0 N–H and O–H groups in total. The minimum atomic E-state index is 0.515. The van der Waals surface area contributed by atoms with Gasteiger partial charge in [0.15, 0.2) is 5.15 Å². The summed E-state index contributed by atoms with van der Waals surface area (Å²) in [6.45, 7) is 3.26. The third-order valence-electron chi connectivity index (χ3n) is 3.48. The van der Waals surface area contributed by atoms with Crippen LogP contribution < -0.4 is 0 Å². The second kappa shape index (κ2) is 4.19.